The molecule has 0 aromatic carbocycles. The number of carboxylic acid groups (broad SMARTS) is 1. The van der Waals surface area contributed by atoms with E-state index in [-0.39, 0.29) is 31.6 Å². The van der Waals surface area contributed by atoms with Crippen molar-refractivity contribution in [3.8, 4) is 0 Å². The summed E-state index contributed by atoms with van der Waals surface area (Å²) in [6.45, 7) is 4.91. The van der Waals surface area contributed by atoms with Gasteiger partial charge in [0.25, 0.3) is 0 Å². The van der Waals surface area contributed by atoms with Crippen LogP contribution >= 0.6 is 11.8 Å². The molecule has 0 aromatic heterocycles. The van der Waals surface area contributed by atoms with Crippen LogP contribution in [0.25, 0.3) is 0 Å². The first-order valence-corrected chi connectivity index (χ1v) is 12.0. The zero-order valence-electron chi connectivity index (χ0n) is 19.5. The van der Waals surface area contributed by atoms with Crippen molar-refractivity contribution in [1.29, 1.82) is 0 Å². The molecular weight excluding hydrogens is 454 g/mol. The van der Waals surface area contributed by atoms with Gasteiger partial charge in [-0.05, 0) is 44.1 Å². The number of carbonyl (C=O) groups excluding carboxylic acids is 4. The number of nitrogens with two attached hydrogens (primary N) is 2. The van der Waals surface area contributed by atoms with Crippen LogP contribution in [0.4, 0.5) is 0 Å². The van der Waals surface area contributed by atoms with Gasteiger partial charge in [0.15, 0.2) is 0 Å². The van der Waals surface area contributed by atoms with Gasteiger partial charge < -0.3 is 37.6 Å². The van der Waals surface area contributed by atoms with E-state index in [0.29, 0.717) is 5.75 Å². The standard InChI is InChI=1S/C20H37N5O7S/c1-10(2)9-14(20(31)32)24-18(29)13(7-8-33-4)23-19(30)16(11(3)26)25-17(28)12(21)5-6-15(22)27/h10-14,16,26H,5-9,21H2,1-4H3,(H2,22,27)(H,23,30)(H,24,29)(H,25,28)(H,31,32). The van der Waals surface area contributed by atoms with Crippen LogP contribution in [0.1, 0.15) is 46.5 Å². The highest BCUT2D eigenvalue weighted by molar-refractivity contribution is 7.98. The number of rotatable bonds is 16. The summed E-state index contributed by atoms with van der Waals surface area (Å²) >= 11 is 1.43. The molecule has 33 heavy (non-hydrogen) atoms. The van der Waals surface area contributed by atoms with Gasteiger partial charge in [-0.2, -0.15) is 11.8 Å². The highest BCUT2D eigenvalue weighted by Crippen LogP contribution is 2.08. The minimum absolute atomic E-state index is 0.0132. The summed E-state index contributed by atoms with van der Waals surface area (Å²) in [7, 11) is 0. The quantitative estimate of drug-likeness (QED) is 0.131. The van der Waals surface area contributed by atoms with E-state index in [9.17, 15) is 34.2 Å². The lowest BCUT2D eigenvalue weighted by Crippen LogP contribution is -2.59. The van der Waals surface area contributed by atoms with Crippen LogP contribution in [0, 0.1) is 5.92 Å². The van der Waals surface area contributed by atoms with E-state index in [4.69, 9.17) is 11.5 Å². The number of aliphatic hydroxyl groups excluding tert-OH is 1. The molecule has 0 spiro atoms. The second-order valence-corrected chi connectivity index (χ2v) is 9.20. The van der Waals surface area contributed by atoms with Crippen LogP contribution in [0.5, 0.6) is 0 Å². The maximum Gasteiger partial charge on any atom is 0.326 e. The first-order valence-electron chi connectivity index (χ1n) is 10.6. The largest absolute Gasteiger partial charge is 0.480 e. The Morgan fingerprint density at radius 1 is 0.909 bits per heavy atom. The van der Waals surface area contributed by atoms with Gasteiger partial charge in [0.1, 0.15) is 18.1 Å². The maximum atomic E-state index is 12.8. The number of nitrogens with one attached hydrogen (secondary N) is 3. The predicted molar refractivity (Wildman–Crippen MR) is 124 cm³/mol. The lowest BCUT2D eigenvalue weighted by Gasteiger charge is -2.26. The normalized spacial score (nSPS) is 15.6. The molecule has 0 aliphatic carbocycles. The summed E-state index contributed by atoms with van der Waals surface area (Å²) in [6.07, 6.45) is 0.723. The lowest BCUT2D eigenvalue weighted by atomic mass is 10.0. The fourth-order valence-corrected chi connectivity index (χ4v) is 3.30. The van der Waals surface area contributed by atoms with Crippen LogP contribution in [0.2, 0.25) is 0 Å². The molecule has 0 radical (unpaired) electrons. The van der Waals surface area contributed by atoms with Gasteiger partial charge in [0, 0.05) is 6.42 Å². The average molecular weight is 492 g/mol. The third-order valence-corrected chi connectivity index (χ3v) is 5.31. The molecule has 0 fully saturated rings. The smallest absolute Gasteiger partial charge is 0.326 e. The van der Waals surface area contributed by atoms with Crippen molar-refractivity contribution in [2.45, 2.75) is 76.7 Å². The van der Waals surface area contributed by atoms with Crippen molar-refractivity contribution in [3.05, 3.63) is 0 Å². The van der Waals surface area contributed by atoms with Crippen LogP contribution in [0.3, 0.4) is 0 Å². The van der Waals surface area contributed by atoms with Crippen LogP contribution in [-0.4, -0.2) is 82.1 Å². The van der Waals surface area contributed by atoms with Crippen LogP contribution in [0.15, 0.2) is 0 Å². The van der Waals surface area contributed by atoms with Crippen LogP contribution in [-0.2, 0) is 24.0 Å². The Kier molecular flexibility index (Phi) is 14.3. The van der Waals surface area contributed by atoms with E-state index in [1.165, 1.54) is 18.7 Å². The topological polar surface area (TPSA) is 214 Å². The monoisotopic (exact) mass is 491 g/mol. The molecule has 0 aliphatic rings. The predicted octanol–water partition coefficient (Wildman–Crippen LogP) is -1.70. The molecule has 190 valence electrons. The van der Waals surface area contributed by atoms with Gasteiger partial charge in [-0.15, -0.1) is 0 Å². The number of hydrogen-bond donors (Lipinski definition) is 7. The van der Waals surface area contributed by atoms with E-state index < -0.39 is 59.9 Å². The molecule has 0 heterocycles. The third-order valence-electron chi connectivity index (χ3n) is 4.67. The van der Waals surface area contributed by atoms with Gasteiger partial charge in [0.05, 0.1) is 12.1 Å². The second-order valence-electron chi connectivity index (χ2n) is 8.21. The Balaban J connectivity index is 5.35. The number of carboxylic acids is 1. The van der Waals surface area contributed by atoms with E-state index in [1.54, 1.807) is 0 Å². The SMILES string of the molecule is CSCCC(NC(=O)C(NC(=O)C(N)CCC(N)=O)C(C)O)C(=O)NC(CC(C)C)C(=O)O. The van der Waals surface area contributed by atoms with Crippen molar-refractivity contribution in [3.63, 3.8) is 0 Å². The summed E-state index contributed by atoms with van der Waals surface area (Å²) < 4.78 is 0. The molecule has 0 aliphatic heterocycles. The number of primary amides is 1. The highest BCUT2D eigenvalue weighted by atomic mass is 32.2. The first-order chi connectivity index (χ1) is 15.3. The van der Waals surface area contributed by atoms with Gasteiger partial charge >= 0.3 is 5.97 Å². The third kappa shape index (κ3) is 12.4. The number of carbonyl (C=O) groups is 5. The van der Waals surface area contributed by atoms with E-state index in [0.717, 1.165) is 0 Å². The van der Waals surface area contributed by atoms with E-state index in [2.05, 4.69) is 16.0 Å². The molecule has 9 N–H and O–H groups in total. The fraction of sp³-hybridized carbons (Fsp3) is 0.750. The van der Waals surface area contributed by atoms with Crippen molar-refractivity contribution >= 4 is 41.4 Å². The van der Waals surface area contributed by atoms with Gasteiger partial charge in [0.2, 0.25) is 23.6 Å². The average Bonchev–Trinajstić information content (AvgIpc) is 2.71. The van der Waals surface area contributed by atoms with Crippen molar-refractivity contribution in [1.82, 2.24) is 16.0 Å². The summed E-state index contributed by atoms with van der Waals surface area (Å²) in [6, 6.07) is -4.76. The Morgan fingerprint density at radius 3 is 1.94 bits per heavy atom. The maximum absolute atomic E-state index is 12.8. The number of aliphatic hydroxyl groups is 1. The van der Waals surface area contributed by atoms with E-state index in [1.807, 2.05) is 20.1 Å². The Labute approximate surface area is 198 Å². The Hall–Kier alpha value is -2.38. The van der Waals surface area contributed by atoms with Crippen LogP contribution < -0.4 is 27.4 Å². The Morgan fingerprint density at radius 2 is 1.48 bits per heavy atom. The molecule has 4 amide bonds. The minimum atomic E-state index is -1.42. The highest BCUT2D eigenvalue weighted by Gasteiger charge is 2.32. The molecule has 13 heteroatoms. The molecule has 5 unspecified atom stereocenters. The van der Waals surface area contributed by atoms with Crippen molar-refractivity contribution < 1.29 is 34.2 Å². The second kappa shape index (κ2) is 15.5. The summed E-state index contributed by atoms with van der Waals surface area (Å²) in [4.78, 5) is 60.1. The Bertz CT molecular complexity index is 690. The number of hydrogen-bond acceptors (Lipinski definition) is 8. The molecule has 0 rings (SSSR count). The lowest BCUT2D eigenvalue weighted by molar-refractivity contribution is -0.143. The van der Waals surface area contributed by atoms with E-state index >= 15 is 0 Å². The molecule has 0 bridgehead atoms. The first kappa shape index (κ1) is 30.6. The summed E-state index contributed by atoms with van der Waals surface area (Å²) in [5, 5.41) is 26.6. The fourth-order valence-electron chi connectivity index (χ4n) is 2.83. The van der Waals surface area contributed by atoms with Crippen molar-refractivity contribution in [2.24, 2.45) is 17.4 Å². The molecular formula is C20H37N5O7S. The van der Waals surface area contributed by atoms with Crippen molar-refractivity contribution in [2.75, 3.05) is 12.0 Å². The summed E-state index contributed by atoms with van der Waals surface area (Å²) in [5.41, 5.74) is 10.7. The number of aliphatic carboxylic acids is 1. The zero-order valence-corrected chi connectivity index (χ0v) is 20.3. The number of thioether (sulfide) groups is 1. The van der Waals surface area contributed by atoms with Gasteiger partial charge in [-0.3, -0.25) is 19.2 Å². The molecule has 0 saturated heterocycles. The minimum Gasteiger partial charge on any atom is -0.480 e. The molecule has 12 nitrogen and oxygen atoms in total. The molecule has 0 aromatic rings. The summed E-state index contributed by atoms with van der Waals surface area (Å²) in [5.74, 6) is -3.61. The number of amides is 4. The molecule has 0 saturated carbocycles. The zero-order chi connectivity index (χ0) is 25.7. The van der Waals surface area contributed by atoms with Gasteiger partial charge in [-0.25, -0.2) is 4.79 Å². The van der Waals surface area contributed by atoms with Gasteiger partial charge in [-0.1, -0.05) is 13.8 Å². The molecule has 5 atom stereocenters.